The van der Waals surface area contributed by atoms with E-state index in [9.17, 15) is 4.79 Å². The van der Waals surface area contributed by atoms with Gasteiger partial charge in [-0.2, -0.15) is 0 Å². The fraction of sp³-hybridized carbons (Fsp3) is 0.421. The molecular weight excluding hydrogens is 340 g/mol. The number of hydrogen-bond acceptors (Lipinski definition) is 4. The van der Waals surface area contributed by atoms with Crippen LogP contribution in [0.3, 0.4) is 0 Å². The fourth-order valence-corrected chi connectivity index (χ4v) is 3.17. The summed E-state index contributed by atoms with van der Waals surface area (Å²) in [6.07, 6.45) is 1.15. The molecule has 2 aromatic carbocycles. The Morgan fingerprint density at radius 2 is 1.84 bits per heavy atom. The molecule has 0 saturated carbocycles. The van der Waals surface area contributed by atoms with Crippen LogP contribution in [0.25, 0.3) is 10.8 Å². The van der Waals surface area contributed by atoms with Gasteiger partial charge in [0.05, 0.1) is 12.6 Å². The summed E-state index contributed by atoms with van der Waals surface area (Å²) in [6, 6.07) is 12.2. The molecule has 136 valence electrons. The molecule has 0 bridgehead atoms. The predicted molar refractivity (Wildman–Crippen MR) is 101 cm³/mol. The molecule has 1 amide bonds. The Morgan fingerprint density at radius 3 is 2.52 bits per heavy atom. The molecule has 0 radical (unpaired) electrons. The van der Waals surface area contributed by atoms with Gasteiger partial charge in [-0.15, -0.1) is 12.4 Å². The van der Waals surface area contributed by atoms with Crippen molar-refractivity contribution in [2.24, 2.45) is 5.73 Å². The van der Waals surface area contributed by atoms with Gasteiger partial charge in [-0.05, 0) is 47.4 Å². The van der Waals surface area contributed by atoms with Crippen LogP contribution in [0.15, 0.2) is 36.4 Å². The summed E-state index contributed by atoms with van der Waals surface area (Å²) in [7, 11) is 3.47. The number of nitrogens with zero attached hydrogens (tertiary/aromatic N) is 1. The molecule has 2 aromatic rings. The van der Waals surface area contributed by atoms with Crippen molar-refractivity contribution in [3.8, 4) is 5.75 Å². The van der Waals surface area contributed by atoms with Crippen molar-refractivity contribution in [2.75, 3.05) is 27.4 Å². The second-order valence-electron chi connectivity index (χ2n) is 6.48. The predicted octanol–water partition coefficient (Wildman–Crippen LogP) is 2.74. The Bertz CT molecular complexity index is 745. The van der Waals surface area contributed by atoms with Crippen LogP contribution in [0, 0.1) is 0 Å². The van der Waals surface area contributed by atoms with Gasteiger partial charge >= 0.3 is 0 Å². The van der Waals surface area contributed by atoms with Crippen molar-refractivity contribution in [3.05, 3.63) is 42.0 Å². The quantitative estimate of drug-likeness (QED) is 0.906. The zero-order chi connectivity index (χ0) is 17.2. The number of fused-ring (bicyclic) bond motifs is 1. The SMILES string of the molecule is COc1ccc2cc(CN(C)C(=O)C3(N)CCOCC3)ccc2c1.Cl. The molecule has 0 aliphatic carbocycles. The Balaban J connectivity index is 0.00000225. The molecule has 0 aromatic heterocycles. The van der Waals surface area contributed by atoms with E-state index in [1.54, 1.807) is 12.0 Å². The second kappa shape index (κ2) is 8.04. The van der Waals surface area contributed by atoms with Gasteiger partial charge < -0.3 is 20.1 Å². The van der Waals surface area contributed by atoms with E-state index in [4.69, 9.17) is 15.2 Å². The van der Waals surface area contributed by atoms with Gasteiger partial charge in [0, 0.05) is 26.8 Å². The van der Waals surface area contributed by atoms with Gasteiger partial charge in [-0.1, -0.05) is 18.2 Å². The van der Waals surface area contributed by atoms with Crippen LogP contribution in [0.1, 0.15) is 18.4 Å². The van der Waals surface area contributed by atoms with Crippen molar-refractivity contribution < 1.29 is 14.3 Å². The average molecular weight is 365 g/mol. The van der Waals surface area contributed by atoms with Gasteiger partial charge in [-0.25, -0.2) is 0 Å². The summed E-state index contributed by atoms with van der Waals surface area (Å²) in [4.78, 5) is 14.4. The molecule has 25 heavy (non-hydrogen) atoms. The van der Waals surface area contributed by atoms with Gasteiger partial charge in [0.1, 0.15) is 5.75 Å². The lowest BCUT2D eigenvalue weighted by Crippen LogP contribution is -2.57. The number of carbonyl (C=O) groups excluding carboxylic acids is 1. The van der Waals surface area contributed by atoms with Crippen LogP contribution in [0.4, 0.5) is 0 Å². The summed E-state index contributed by atoms with van der Waals surface area (Å²) in [5.41, 5.74) is 6.58. The summed E-state index contributed by atoms with van der Waals surface area (Å²) in [5.74, 6) is 0.827. The van der Waals surface area contributed by atoms with Crippen LogP contribution >= 0.6 is 12.4 Å². The van der Waals surface area contributed by atoms with E-state index in [0.29, 0.717) is 32.6 Å². The molecule has 1 saturated heterocycles. The summed E-state index contributed by atoms with van der Waals surface area (Å²) < 4.78 is 10.6. The Labute approximate surface area is 154 Å². The fourth-order valence-electron chi connectivity index (χ4n) is 3.17. The molecule has 0 atom stereocenters. The lowest BCUT2D eigenvalue weighted by molar-refractivity contribution is -0.139. The van der Waals surface area contributed by atoms with Crippen LogP contribution in [0.2, 0.25) is 0 Å². The maximum Gasteiger partial charge on any atom is 0.242 e. The average Bonchev–Trinajstić information content (AvgIpc) is 2.61. The molecule has 1 aliphatic heterocycles. The molecular formula is C19H25ClN2O3. The highest BCUT2D eigenvalue weighted by molar-refractivity contribution is 5.87. The van der Waals surface area contributed by atoms with E-state index in [-0.39, 0.29) is 18.3 Å². The third kappa shape index (κ3) is 4.24. The number of likely N-dealkylation sites (N-methyl/N-ethyl adjacent to an activating group) is 1. The molecule has 6 heteroatoms. The molecule has 2 N–H and O–H groups in total. The van der Waals surface area contributed by atoms with Crippen molar-refractivity contribution >= 4 is 29.1 Å². The van der Waals surface area contributed by atoms with Crippen molar-refractivity contribution in [1.82, 2.24) is 4.90 Å². The topological polar surface area (TPSA) is 64.8 Å². The van der Waals surface area contributed by atoms with Crippen molar-refractivity contribution in [2.45, 2.75) is 24.9 Å². The molecule has 3 rings (SSSR count). The molecule has 5 nitrogen and oxygen atoms in total. The van der Waals surface area contributed by atoms with E-state index < -0.39 is 5.54 Å². The molecule has 1 aliphatic rings. The van der Waals surface area contributed by atoms with E-state index >= 15 is 0 Å². The van der Waals surface area contributed by atoms with Crippen LogP contribution in [-0.2, 0) is 16.1 Å². The molecule has 1 heterocycles. The minimum Gasteiger partial charge on any atom is -0.497 e. The number of rotatable bonds is 4. The number of amides is 1. The van der Waals surface area contributed by atoms with Crippen LogP contribution < -0.4 is 10.5 Å². The van der Waals surface area contributed by atoms with Gasteiger partial charge in [0.25, 0.3) is 0 Å². The highest BCUT2D eigenvalue weighted by Crippen LogP contribution is 2.24. The third-order valence-electron chi connectivity index (χ3n) is 4.69. The number of halogens is 1. The molecule has 1 fully saturated rings. The largest absolute Gasteiger partial charge is 0.497 e. The number of ether oxygens (including phenoxy) is 2. The van der Waals surface area contributed by atoms with Crippen molar-refractivity contribution in [3.63, 3.8) is 0 Å². The standard InChI is InChI=1S/C19H24N2O3.ClH/c1-21(18(22)19(20)7-9-24-10-8-19)13-14-3-4-16-12-17(23-2)6-5-15(16)11-14;/h3-6,11-12H,7-10,13,20H2,1-2H3;1H. The number of benzene rings is 2. The number of nitrogens with two attached hydrogens (primary N) is 1. The number of carbonyl (C=O) groups is 1. The maximum atomic E-state index is 12.7. The molecule has 0 unspecified atom stereocenters. The Hall–Kier alpha value is -1.82. The van der Waals surface area contributed by atoms with Gasteiger partial charge in [0.15, 0.2) is 0 Å². The smallest absolute Gasteiger partial charge is 0.242 e. The van der Waals surface area contributed by atoms with Crippen LogP contribution in [0.5, 0.6) is 5.75 Å². The lowest BCUT2D eigenvalue weighted by Gasteiger charge is -2.35. The first-order valence-electron chi connectivity index (χ1n) is 8.21. The Morgan fingerprint density at radius 1 is 1.20 bits per heavy atom. The van der Waals surface area contributed by atoms with Crippen molar-refractivity contribution in [1.29, 1.82) is 0 Å². The second-order valence-corrected chi connectivity index (χ2v) is 6.48. The maximum absolute atomic E-state index is 12.7. The summed E-state index contributed by atoms with van der Waals surface area (Å²) >= 11 is 0. The summed E-state index contributed by atoms with van der Waals surface area (Å²) in [5, 5.41) is 2.24. The monoisotopic (exact) mass is 364 g/mol. The first-order chi connectivity index (χ1) is 11.5. The Kier molecular flexibility index (Phi) is 6.27. The summed E-state index contributed by atoms with van der Waals surface area (Å²) in [6.45, 7) is 1.64. The normalized spacial score (nSPS) is 16.1. The number of hydrogen-bond donors (Lipinski definition) is 1. The van der Waals surface area contributed by atoms with E-state index in [0.717, 1.165) is 22.1 Å². The zero-order valence-electron chi connectivity index (χ0n) is 14.7. The minimum atomic E-state index is -0.794. The number of methoxy groups -OCH3 is 1. The van der Waals surface area contributed by atoms with Crippen LogP contribution in [-0.4, -0.2) is 43.7 Å². The third-order valence-corrected chi connectivity index (χ3v) is 4.69. The zero-order valence-corrected chi connectivity index (χ0v) is 15.5. The minimum absolute atomic E-state index is 0. The van der Waals surface area contributed by atoms with Gasteiger partial charge in [-0.3, -0.25) is 4.79 Å². The van der Waals surface area contributed by atoms with E-state index in [1.807, 2.05) is 31.3 Å². The van der Waals surface area contributed by atoms with Gasteiger partial charge in [0.2, 0.25) is 5.91 Å². The van der Waals surface area contributed by atoms with E-state index in [2.05, 4.69) is 12.1 Å². The lowest BCUT2D eigenvalue weighted by atomic mass is 9.89. The van der Waals surface area contributed by atoms with E-state index in [1.165, 1.54) is 0 Å². The first-order valence-corrected chi connectivity index (χ1v) is 8.21. The molecule has 0 spiro atoms. The first kappa shape index (κ1) is 19.5. The highest BCUT2D eigenvalue weighted by Gasteiger charge is 2.37. The highest BCUT2D eigenvalue weighted by atomic mass is 35.5.